The van der Waals surface area contributed by atoms with E-state index in [-0.39, 0.29) is 5.56 Å². The van der Waals surface area contributed by atoms with E-state index in [1.165, 1.54) is 6.07 Å². The van der Waals surface area contributed by atoms with Crippen molar-refractivity contribution in [1.82, 2.24) is 0 Å². The maximum absolute atomic E-state index is 12.1. The molecule has 2 unspecified atom stereocenters. The third-order valence-corrected chi connectivity index (χ3v) is 3.00. The standard InChI is InChI=1S/C12H14F3NO3/c1-11(2)10(17)9(16)7-5-6(18-12(13,14)15)3-4-8(7)19-11/h3-5,9-10,17H,16H2,1-2H3. The summed E-state index contributed by atoms with van der Waals surface area (Å²) in [4.78, 5) is 0. The van der Waals surface area contributed by atoms with Crippen LogP contribution in [-0.4, -0.2) is 23.2 Å². The molecule has 1 aliphatic heterocycles. The van der Waals surface area contributed by atoms with Gasteiger partial charge in [0.2, 0.25) is 0 Å². The van der Waals surface area contributed by atoms with E-state index in [9.17, 15) is 18.3 Å². The van der Waals surface area contributed by atoms with E-state index in [1.54, 1.807) is 13.8 Å². The van der Waals surface area contributed by atoms with Crippen LogP contribution in [0.5, 0.6) is 11.5 Å². The lowest BCUT2D eigenvalue weighted by Gasteiger charge is -2.40. The van der Waals surface area contributed by atoms with Crippen LogP contribution in [0.15, 0.2) is 18.2 Å². The van der Waals surface area contributed by atoms with Crippen LogP contribution in [0.1, 0.15) is 25.5 Å². The fourth-order valence-corrected chi connectivity index (χ4v) is 2.02. The Bertz CT molecular complexity index is 488. The lowest BCUT2D eigenvalue weighted by Crippen LogP contribution is -2.51. The first kappa shape index (κ1) is 14.0. The zero-order valence-corrected chi connectivity index (χ0v) is 10.4. The summed E-state index contributed by atoms with van der Waals surface area (Å²) >= 11 is 0. The van der Waals surface area contributed by atoms with Crippen molar-refractivity contribution in [2.75, 3.05) is 0 Å². The monoisotopic (exact) mass is 277 g/mol. The number of aliphatic hydroxyl groups excluding tert-OH is 1. The highest BCUT2D eigenvalue weighted by molar-refractivity contribution is 5.45. The summed E-state index contributed by atoms with van der Waals surface area (Å²) in [6.07, 6.45) is -5.80. The number of rotatable bonds is 1. The molecular formula is C12H14F3NO3. The zero-order chi connectivity index (χ0) is 14.4. The van der Waals surface area contributed by atoms with Gasteiger partial charge in [0.05, 0.1) is 6.04 Å². The number of hydrogen-bond acceptors (Lipinski definition) is 4. The Kier molecular flexibility index (Phi) is 3.14. The van der Waals surface area contributed by atoms with Crippen molar-refractivity contribution in [2.45, 2.75) is 38.0 Å². The van der Waals surface area contributed by atoms with Gasteiger partial charge in [-0.05, 0) is 32.0 Å². The molecule has 0 fully saturated rings. The van der Waals surface area contributed by atoms with Crippen molar-refractivity contribution >= 4 is 0 Å². The number of nitrogens with two attached hydrogens (primary N) is 1. The summed E-state index contributed by atoms with van der Waals surface area (Å²) in [6.45, 7) is 3.31. The Morgan fingerprint density at radius 1 is 1.37 bits per heavy atom. The van der Waals surface area contributed by atoms with Crippen LogP contribution in [-0.2, 0) is 0 Å². The molecular weight excluding hydrogens is 263 g/mol. The number of fused-ring (bicyclic) bond motifs is 1. The highest BCUT2D eigenvalue weighted by Gasteiger charge is 2.41. The normalized spacial score (nSPS) is 25.4. The smallest absolute Gasteiger partial charge is 0.485 e. The van der Waals surface area contributed by atoms with Gasteiger partial charge in [-0.3, -0.25) is 0 Å². The summed E-state index contributed by atoms with van der Waals surface area (Å²) in [6, 6.07) is 2.79. The molecule has 2 rings (SSSR count). The molecule has 0 bridgehead atoms. The van der Waals surface area contributed by atoms with Crippen LogP contribution in [0, 0.1) is 0 Å². The molecule has 4 nitrogen and oxygen atoms in total. The quantitative estimate of drug-likeness (QED) is 0.825. The van der Waals surface area contributed by atoms with Crippen molar-refractivity contribution in [2.24, 2.45) is 5.73 Å². The Labute approximate surface area is 107 Å². The van der Waals surface area contributed by atoms with Gasteiger partial charge in [-0.1, -0.05) is 0 Å². The second-order valence-electron chi connectivity index (χ2n) is 4.92. The average Bonchev–Trinajstić information content (AvgIpc) is 2.25. The van der Waals surface area contributed by atoms with E-state index in [0.29, 0.717) is 5.75 Å². The van der Waals surface area contributed by atoms with Crippen molar-refractivity contribution in [3.63, 3.8) is 0 Å². The first-order valence-corrected chi connectivity index (χ1v) is 5.62. The molecule has 0 radical (unpaired) electrons. The molecule has 1 aliphatic rings. The Balaban J connectivity index is 2.36. The van der Waals surface area contributed by atoms with E-state index in [1.807, 2.05) is 0 Å². The van der Waals surface area contributed by atoms with Gasteiger partial charge in [0.1, 0.15) is 23.2 Å². The number of halogens is 3. The molecule has 1 heterocycles. The second kappa shape index (κ2) is 4.28. The van der Waals surface area contributed by atoms with Crippen molar-refractivity contribution in [3.8, 4) is 11.5 Å². The lowest BCUT2D eigenvalue weighted by atomic mass is 9.87. The fraction of sp³-hybridized carbons (Fsp3) is 0.500. The highest BCUT2D eigenvalue weighted by Crippen LogP contribution is 2.40. The molecule has 0 spiro atoms. The van der Waals surface area contributed by atoms with Gasteiger partial charge in [-0.15, -0.1) is 13.2 Å². The first-order chi connectivity index (χ1) is 8.60. The first-order valence-electron chi connectivity index (χ1n) is 5.62. The molecule has 0 aliphatic carbocycles. The molecule has 0 saturated heterocycles. The van der Waals surface area contributed by atoms with E-state index in [2.05, 4.69) is 4.74 Å². The SMILES string of the molecule is CC1(C)Oc2ccc(OC(F)(F)F)cc2C(N)C1O. The summed E-state index contributed by atoms with van der Waals surface area (Å²) in [5.74, 6) is -0.0467. The van der Waals surface area contributed by atoms with Gasteiger partial charge >= 0.3 is 6.36 Å². The molecule has 1 aromatic rings. The minimum absolute atomic E-state index is 0.286. The maximum atomic E-state index is 12.1. The predicted octanol–water partition coefficient (Wildman–Crippen LogP) is 2.12. The Hall–Kier alpha value is -1.47. The van der Waals surface area contributed by atoms with Gasteiger partial charge in [0, 0.05) is 5.56 Å². The summed E-state index contributed by atoms with van der Waals surface area (Å²) in [5.41, 5.74) is 5.21. The van der Waals surface area contributed by atoms with Crippen LogP contribution in [0.25, 0.3) is 0 Å². The van der Waals surface area contributed by atoms with Gasteiger partial charge in [0.25, 0.3) is 0 Å². The predicted molar refractivity (Wildman–Crippen MR) is 60.8 cm³/mol. The zero-order valence-electron chi connectivity index (χ0n) is 10.4. The van der Waals surface area contributed by atoms with E-state index in [4.69, 9.17) is 10.5 Å². The summed E-state index contributed by atoms with van der Waals surface area (Å²) in [7, 11) is 0. The van der Waals surface area contributed by atoms with Crippen LogP contribution < -0.4 is 15.2 Å². The van der Waals surface area contributed by atoms with Crippen LogP contribution in [0.2, 0.25) is 0 Å². The van der Waals surface area contributed by atoms with Crippen LogP contribution in [0.4, 0.5) is 13.2 Å². The van der Waals surface area contributed by atoms with Crippen molar-refractivity contribution < 1.29 is 27.8 Å². The van der Waals surface area contributed by atoms with Crippen molar-refractivity contribution in [1.29, 1.82) is 0 Å². The molecule has 0 aromatic heterocycles. The topological polar surface area (TPSA) is 64.7 Å². The van der Waals surface area contributed by atoms with E-state index >= 15 is 0 Å². The molecule has 106 valence electrons. The molecule has 2 atom stereocenters. The van der Waals surface area contributed by atoms with E-state index < -0.39 is 29.9 Å². The average molecular weight is 277 g/mol. The molecule has 19 heavy (non-hydrogen) atoms. The fourth-order valence-electron chi connectivity index (χ4n) is 2.02. The minimum atomic E-state index is -4.77. The molecule has 1 aromatic carbocycles. The molecule has 0 amide bonds. The maximum Gasteiger partial charge on any atom is 0.573 e. The summed E-state index contributed by atoms with van der Waals surface area (Å²) < 4.78 is 45.7. The molecule has 3 N–H and O–H groups in total. The third kappa shape index (κ3) is 2.76. The van der Waals surface area contributed by atoms with Crippen molar-refractivity contribution in [3.05, 3.63) is 23.8 Å². The van der Waals surface area contributed by atoms with Gasteiger partial charge < -0.3 is 20.3 Å². The number of aliphatic hydroxyl groups is 1. The third-order valence-electron chi connectivity index (χ3n) is 3.00. The molecule has 0 saturated carbocycles. The lowest BCUT2D eigenvalue weighted by molar-refractivity contribution is -0.274. The largest absolute Gasteiger partial charge is 0.573 e. The van der Waals surface area contributed by atoms with Crippen LogP contribution in [0.3, 0.4) is 0 Å². The van der Waals surface area contributed by atoms with Gasteiger partial charge in [-0.25, -0.2) is 0 Å². The van der Waals surface area contributed by atoms with Gasteiger partial charge in [0.15, 0.2) is 0 Å². The second-order valence-corrected chi connectivity index (χ2v) is 4.92. The van der Waals surface area contributed by atoms with Gasteiger partial charge in [-0.2, -0.15) is 0 Å². The Morgan fingerprint density at radius 3 is 2.58 bits per heavy atom. The molecule has 7 heteroatoms. The summed E-state index contributed by atoms with van der Waals surface area (Å²) in [5, 5.41) is 9.96. The number of ether oxygens (including phenoxy) is 2. The van der Waals surface area contributed by atoms with Crippen LogP contribution >= 0.6 is 0 Å². The number of benzene rings is 1. The minimum Gasteiger partial charge on any atom is -0.485 e. The number of alkyl halides is 3. The Morgan fingerprint density at radius 2 is 2.00 bits per heavy atom. The highest BCUT2D eigenvalue weighted by atomic mass is 19.4. The number of hydrogen-bond donors (Lipinski definition) is 2. The van der Waals surface area contributed by atoms with E-state index in [0.717, 1.165) is 12.1 Å².